The second kappa shape index (κ2) is 8.43. The molecule has 3 aromatic rings. The number of carbonyl (C=O) groups is 3. The lowest BCUT2D eigenvalue weighted by Crippen LogP contribution is -2.49. The molecule has 6 rings (SSSR count). The number of halogens is 2. The zero-order valence-corrected chi connectivity index (χ0v) is 22.0. The summed E-state index contributed by atoms with van der Waals surface area (Å²) in [4.78, 5) is 45.2. The fraction of sp³-hybridized carbons (Fsp3) is 0.207. The highest BCUT2D eigenvalue weighted by molar-refractivity contribution is 9.10. The van der Waals surface area contributed by atoms with Crippen molar-refractivity contribution in [2.75, 3.05) is 9.80 Å². The van der Waals surface area contributed by atoms with Gasteiger partial charge in [0.1, 0.15) is 6.04 Å². The van der Waals surface area contributed by atoms with Gasteiger partial charge in [-0.05, 0) is 61.4 Å². The van der Waals surface area contributed by atoms with Gasteiger partial charge in [-0.25, -0.2) is 4.90 Å². The van der Waals surface area contributed by atoms with Gasteiger partial charge in [0.15, 0.2) is 5.78 Å². The predicted octanol–water partition coefficient (Wildman–Crippen LogP) is 5.99. The summed E-state index contributed by atoms with van der Waals surface area (Å²) in [5.74, 6) is -2.24. The number of aryl methyl sites for hydroxylation is 2. The summed E-state index contributed by atoms with van der Waals surface area (Å²) in [6, 6.07) is 17.0. The first-order valence-electron chi connectivity index (χ1n) is 11.8. The lowest BCUT2D eigenvalue weighted by molar-refractivity contribution is -0.122. The first kappa shape index (κ1) is 23.2. The van der Waals surface area contributed by atoms with E-state index in [0.717, 1.165) is 26.9 Å². The van der Waals surface area contributed by atoms with E-state index in [1.807, 2.05) is 73.4 Å². The van der Waals surface area contributed by atoms with Gasteiger partial charge in [-0.15, -0.1) is 0 Å². The number of nitrogens with zero attached hydrogens (tertiary/aromatic N) is 2. The molecule has 180 valence electrons. The van der Waals surface area contributed by atoms with E-state index in [9.17, 15) is 14.4 Å². The molecule has 0 saturated carbocycles. The third-order valence-corrected chi connectivity index (χ3v) is 8.22. The zero-order valence-electron chi connectivity index (χ0n) is 19.6. The van der Waals surface area contributed by atoms with Crippen LogP contribution < -0.4 is 9.80 Å². The minimum absolute atomic E-state index is 0.181. The molecule has 0 N–H and O–H groups in total. The van der Waals surface area contributed by atoms with Crippen LogP contribution in [0.15, 0.2) is 71.2 Å². The van der Waals surface area contributed by atoms with Gasteiger partial charge in [-0.1, -0.05) is 69.5 Å². The van der Waals surface area contributed by atoms with E-state index < -0.39 is 23.9 Å². The van der Waals surface area contributed by atoms with E-state index in [1.54, 1.807) is 18.2 Å². The van der Waals surface area contributed by atoms with Crippen molar-refractivity contribution in [2.24, 2.45) is 11.8 Å². The third kappa shape index (κ3) is 3.39. The molecule has 0 unspecified atom stereocenters. The summed E-state index contributed by atoms with van der Waals surface area (Å²) >= 11 is 9.67. The van der Waals surface area contributed by atoms with E-state index >= 15 is 0 Å². The van der Waals surface area contributed by atoms with Gasteiger partial charge >= 0.3 is 0 Å². The van der Waals surface area contributed by atoms with Crippen molar-refractivity contribution in [3.05, 3.63) is 98.5 Å². The summed E-state index contributed by atoms with van der Waals surface area (Å²) < 4.78 is 0.857. The summed E-state index contributed by atoms with van der Waals surface area (Å²) in [6.45, 7) is 3.87. The van der Waals surface area contributed by atoms with E-state index in [0.29, 0.717) is 16.3 Å². The Balaban J connectivity index is 1.50. The average Bonchev–Trinajstić information content (AvgIpc) is 3.32. The Morgan fingerprint density at radius 2 is 1.58 bits per heavy atom. The zero-order chi connectivity index (χ0) is 25.3. The molecule has 3 heterocycles. The largest absolute Gasteiger partial charge is 0.352 e. The van der Waals surface area contributed by atoms with Crippen molar-refractivity contribution in [1.29, 1.82) is 0 Å². The van der Waals surface area contributed by atoms with Crippen LogP contribution in [0.3, 0.4) is 0 Å². The topological polar surface area (TPSA) is 57.7 Å². The number of hydrogen-bond acceptors (Lipinski definition) is 4. The number of carbonyl (C=O) groups excluding carboxylic acids is 3. The molecule has 3 aliphatic rings. The van der Waals surface area contributed by atoms with Crippen LogP contribution in [-0.4, -0.2) is 29.7 Å². The fourth-order valence-corrected chi connectivity index (χ4v) is 6.37. The van der Waals surface area contributed by atoms with Gasteiger partial charge in [0, 0.05) is 20.7 Å². The number of ketones is 1. The van der Waals surface area contributed by atoms with Crippen molar-refractivity contribution >= 4 is 62.6 Å². The number of rotatable bonds is 3. The van der Waals surface area contributed by atoms with Crippen molar-refractivity contribution in [2.45, 2.75) is 25.9 Å². The fourth-order valence-electron chi connectivity index (χ4n) is 5.92. The molecule has 4 atom stereocenters. The summed E-state index contributed by atoms with van der Waals surface area (Å²) in [6.07, 6.45) is 3.87. The summed E-state index contributed by atoms with van der Waals surface area (Å²) in [5.41, 5.74) is 4.64. The van der Waals surface area contributed by atoms with Crippen LogP contribution in [-0.2, 0) is 9.59 Å². The molecular formula is C29H22BrClN2O3. The van der Waals surface area contributed by atoms with Gasteiger partial charge in [-0.3, -0.25) is 14.4 Å². The SMILES string of the molecule is Cc1ccc(N2C(=O)[C@@H]3[C@H](C2=O)[C@@H](C(=O)c2ccc(Br)cc2)N2c4ccc(Cl)cc4C=C[C@H]32)c(C)c1. The molecule has 36 heavy (non-hydrogen) atoms. The Morgan fingerprint density at radius 3 is 2.31 bits per heavy atom. The van der Waals surface area contributed by atoms with Gasteiger partial charge in [0.25, 0.3) is 0 Å². The first-order valence-corrected chi connectivity index (χ1v) is 12.9. The highest BCUT2D eigenvalue weighted by atomic mass is 79.9. The quantitative estimate of drug-likeness (QED) is 0.291. The van der Waals surface area contributed by atoms with Crippen LogP contribution in [0, 0.1) is 25.7 Å². The molecule has 3 aliphatic heterocycles. The Labute approximate surface area is 222 Å². The number of fused-ring (bicyclic) bond motifs is 5. The van der Waals surface area contributed by atoms with Crippen LogP contribution in [0.25, 0.3) is 6.08 Å². The minimum Gasteiger partial charge on any atom is -0.352 e. The molecule has 0 spiro atoms. The number of hydrogen-bond donors (Lipinski definition) is 0. The van der Waals surface area contributed by atoms with Crippen LogP contribution >= 0.6 is 27.5 Å². The highest BCUT2D eigenvalue weighted by Crippen LogP contribution is 2.50. The number of benzene rings is 3. The van der Waals surface area contributed by atoms with Crippen molar-refractivity contribution in [1.82, 2.24) is 0 Å². The Morgan fingerprint density at radius 1 is 0.889 bits per heavy atom. The first-order chi connectivity index (χ1) is 17.3. The molecule has 2 saturated heterocycles. The highest BCUT2D eigenvalue weighted by Gasteiger charge is 2.64. The minimum atomic E-state index is -0.821. The Kier molecular flexibility index (Phi) is 5.43. The van der Waals surface area contributed by atoms with Crippen molar-refractivity contribution in [3.63, 3.8) is 0 Å². The molecule has 0 aliphatic carbocycles. The third-order valence-electron chi connectivity index (χ3n) is 7.46. The molecule has 0 bridgehead atoms. The standard InChI is InChI=1S/C29H22BrClN2O3/c1-15-3-10-21(16(2)13-15)33-28(35)24-23-11-6-18-14-20(31)9-12-22(18)32(23)26(25(24)29(33)36)27(34)17-4-7-19(30)8-5-17/h3-14,23-26H,1-2H3/t23-,24+,25+,26+/m1/s1. The van der Waals surface area contributed by atoms with E-state index in [1.165, 1.54) is 4.90 Å². The lowest BCUT2D eigenvalue weighted by Gasteiger charge is -2.36. The lowest BCUT2D eigenvalue weighted by atomic mass is 9.86. The molecule has 3 aromatic carbocycles. The Hall–Kier alpha value is -3.22. The van der Waals surface area contributed by atoms with E-state index in [4.69, 9.17) is 11.6 Å². The maximum absolute atomic E-state index is 14.1. The molecular weight excluding hydrogens is 540 g/mol. The van der Waals surface area contributed by atoms with Crippen LogP contribution in [0.2, 0.25) is 5.02 Å². The second-order valence-electron chi connectivity index (χ2n) is 9.63. The van der Waals surface area contributed by atoms with Crippen LogP contribution in [0.1, 0.15) is 27.0 Å². The normalized spacial score (nSPS) is 24.1. The maximum atomic E-state index is 14.1. The summed E-state index contributed by atoms with van der Waals surface area (Å²) in [5, 5.41) is 0.584. The van der Waals surface area contributed by atoms with Gasteiger partial charge < -0.3 is 4.90 Å². The molecule has 0 aromatic heterocycles. The number of Topliss-reactive ketones (excluding diaryl/α,β-unsaturated/α-hetero) is 1. The van der Waals surface area contributed by atoms with Gasteiger partial charge in [0.05, 0.1) is 23.6 Å². The molecule has 5 nitrogen and oxygen atoms in total. The van der Waals surface area contributed by atoms with Crippen LogP contribution in [0.4, 0.5) is 11.4 Å². The van der Waals surface area contributed by atoms with E-state index in [2.05, 4.69) is 15.9 Å². The molecule has 7 heteroatoms. The Bertz CT molecular complexity index is 1480. The number of imide groups is 1. The van der Waals surface area contributed by atoms with Crippen LogP contribution in [0.5, 0.6) is 0 Å². The maximum Gasteiger partial charge on any atom is 0.240 e. The summed E-state index contributed by atoms with van der Waals surface area (Å²) in [7, 11) is 0. The van der Waals surface area contributed by atoms with Crippen molar-refractivity contribution in [3.8, 4) is 0 Å². The van der Waals surface area contributed by atoms with E-state index in [-0.39, 0.29) is 17.6 Å². The second-order valence-corrected chi connectivity index (χ2v) is 11.0. The van der Waals surface area contributed by atoms with Gasteiger partial charge in [-0.2, -0.15) is 0 Å². The molecule has 0 radical (unpaired) electrons. The smallest absolute Gasteiger partial charge is 0.240 e. The predicted molar refractivity (Wildman–Crippen MR) is 144 cm³/mol. The van der Waals surface area contributed by atoms with Crippen molar-refractivity contribution < 1.29 is 14.4 Å². The monoisotopic (exact) mass is 560 g/mol. The van der Waals surface area contributed by atoms with Gasteiger partial charge in [0.2, 0.25) is 11.8 Å². The average molecular weight is 562 g/mol. The molecule has 2 amide bonds. The molecule has 2 fully saturated rings. The number of anilines is 2. The number of amides is 2.